The second-order valence-corrected chi connectivity index (χ2v) is 3.98. The number of nitrogens with one attached hydrogen (secondary N) is 1. The third-order valence-corrected chi connectivity index (χ3v) is 2.80. The number of methoxy groups -OCH3 is 1. The van der Waals surface area contributed by atoms with Crippen molar-refractivity contribution in [1.82, 2.24) is 9.97 Å². The number of carbonyl (C=O) groups is 2. The van der Waals surface area contributed by atoms with Gasteiger partial charge in [0.05, 0.1) is 12.9 Å². The third-order valence-electron chi connectivity index (χ3n) is 1.85. The molecule has 0 saturated heterocycles. The molecule has 1 heterocycles. The highest BCUT2D eigenvalue weighted by atomic mass is 32.2. The Bertz CT molecular complexity index is 511. The SMILES string of the molecule is COC(=O)CSc1nc(=O)[nH]c(C)c1C(=O)O. The van der Waals surface area contributed by atoms with Crippen LogP contribution in [0, 0.1) is 6.92 Å². The minimum absolute atomic E-state index is 0.00384. The summed E-state index contributed by atoms with van der Waals surface area (Å²) in [5.74, 6) is -1.84. The van der Waals surface area contributed by atoms with E-state index in [-0.39, 0.29) is 22.0 Å². The van der Waals surface area contributed by atoms with Crippen LogP contribution in [0.25, 0.3) is 0 Å². The molecule has 0 radical (unpaired) electrons. The van der Waals surface area contributed by atoms with Crippen LogP contribution in [0.3, 0.4) is 0 Å². The standard InChI is InChI=1S/C9H10N2O5S/c1-4-6(8(13)14)7(11-9(15)10-4)17-3-5(12)16-2/h3H2,1-2H3,(H,13,14)(H,10,11,15). The van der Waals surface area contributed by atoms with Gasteiger partial charge < -0.3 is 14.8 Å². The van der Waals surface area contributed by atoms with E-state index < -0.39 is 17.6 Å². The third kappa shape index (κ3) is 3.31. The molecule has 1 aromatic rings. The van der Waals surface area contributed by atoms with Gasteiger partial charge in [-0.2, -0.15) is 4.98 Å². The quantitative estimate of drug-likeness (QED) is 0.446. The number of carboxylic acid groups (broad SMARTS) is 1. The summed E-state index contributed by atoms with van der Waals surface area (Å²) in [6.45, 7) is 1.45. The summed E-state index contributed by atoms with van der Waals surface area (Å²) in [5, 5.41) is 8.97. The van der Waals surface area contributed by atoms with Crippen molar-refractivity contribution in [2.24, 2.45) is 0 Å². The number of ether oxygens (including phenoxy) is 1. The Morgan fingerprint density at radius 1 is 1.53 bits per heavy atom. The van der Waals surface area contributed by atoms with E-state index >= 15 is 0 Å². The minimum Gasteiger partial charge on any atom is -0.478 e. The smallest absolute Gasteiger partial charge is 0.346 e. The molecule has 0 aliphatic heterocycles. The molecule has 0 aliphatic carbocycles. The summed E-state index contributed by atoms with van der Waals surface area (Å²) in [4.78, 5) is 38.8. The molecule has 0 bridgehead atoms. The van der Waals surface area contributed by atoms with Gasteiger partial charge >= 0.3 is 17.6 Å². The Labute approximate surface area is 100 Å². The summed E-state index contributed by atoms with van der Waals surface area (Å²) in [6.07, 6.45) is 0. The van der Waals surface area contributed by atoms with Crippen LogP contribution in [0.5, 0.6) is 0 Å². The van der Waals surface area contributed by atoms with Crippen LogP contribution in [0.15, 0.2) is 9.82 Å². The van der Waals surface area contributed by atoms with Gasteiger partial charge in [0.2, 0.25) is 0 Å². The lowest BCUT2D eigenvalue weighted by Crippen LogP contribution is -2.18. The molecule has 8 heteroatoms. The average molecular weight is 258 g/mol. The molecule has 0 atom stereocenters. The largest absolute Gasteiger partial charge is 0.478 e. The predicted molar refractivity (Wildman–Crippen MR) is 59.3 cm³/mol. The molecule has 0 aromatic carbocycles. The first-order chi connectivity index (χ1) is 7.95. The summed E-state index contributed by atoms with van der Waals surface area (Å²) in [5.41, 5.74) is -0.566. The molecule has 0 spiro atoms. The second kappa shape index (κ2) is 5.48. The van der Waals surface area contributed by atoms with Crippen molar-refractivity contribution in [2.45, 2.75) is 11.9 Å². The van der Waals surface area contributed by atoms with Crippen molar-refractivity contribution in [2.75, 3.05) is 12.9 Å². The van der Waals surface area contributed by atoms with Gasteiger partial charge in [-0.1, -0.05) is 11.8 Å². The van der Waals surface area contributed by atoms with Gasteiger partial charge in [0.1, 0.15) is 10.6 Å². The van der Waals surface area contributed by atoms with Crippen LogP contribution in [0.2, 0.25) is 0 Å². The van der Waals surface area contributed by atoms with Crippen LogP contribution in [0.4, 0.5) is 0 Å². The molecule has 1 aromatic heterocycles. The highest BCUT2D eigenvalue weighted by Crippen LogP contribution is 2.20. The number of carbonyl (C=O) groups excluding carboxylic acids is 1. The van der Waals surface area contributed by atoms with E-state index in [0.717, 1.165) is 11.8 Å². The summed E-state index contributed by atoms with van der Waals surface area (Å²) in [6, 6.07) is 0. The van der Waals surface area contributed by atoms with Gasteiger partial charge in [0, 0.05) is 5.69 Å². The highest BCUT2D eigenvalue weighted by Gasteiger charge is 2.17. The maximum absolute atomic E-state index is 11.1. The summed E-state index contributed by atoms with van der Waals surface area (Å²) >= 11 is 0.850. The number of hydrogen-bond acceptors (Lipinski definition) is 6. The number of thioether (sulfide) groups is 1. The number of aromatic amines is 1. The lowest BCUT2D eigenvalue weighted by Gasteiger charge is -2.05. The lowest BCUT2D eigenvalue weighted by molar-refractivity contribution is -0.137. The number of carboxylic acids is 1. The Balaban J connectivity index is 3.08. The fraction of sp³-hybridized carbons (Fsp3) is 0.333. The number of aromatic nitrogens is 2. The molecule has 7 nitrogen and oxygen atoms in total. The first-order valence-corrected chi connectivity index (χ1v) is 5.48. The fourth-order valence-electron chi connectivity index (χ4n) is 1.10. The minimum atomic E-state index is -1.21. The molecule has 0 amide bonds. The summed E-state index contributed by atoms with van der Waals surface area (Å²) in [7, 11) is 1.22. The normalized spacial score (nSPS) is 10.0. The Morgan fingerprint density at radius 3 is 2.71 bits per heavy atom. The van der Waals surface area contributed by atoms with Crippen molar-refractivity contribution in [3.63, 3.8) is 0 Å². The zero-order valence-corrected chi connectivity index (χ0v) is 9.96. The van der Waals surface area contributed by atoms with Gasteiger partial charge in [0.15, 0.2) is 0 Å². The zero-order valence-electron chi connectivity index (χ0n) is 9.14. The van der Waals surface area contributed by atoms with E-state index in [4.69, 9.17) is 5.11 Å². The van der Waals surface area contributed by atoms with E-state index in [1.165, 1.54) is 14.0 Å². The molecule has 0 aliphatic rings. The van der Waals surface area contributed by atoms with Crippen molar-refractivity contribution < 1.29 is 19.4 Å². The second-order valence-electron chi connectivity index (χ2n) is 3.02. The topological polar surface area (TPSA) is 109 Å². The Hall–Kier alpha value is -1.83. The monoisotopic (exact) mass is 258 g/mol. The van der Waals surface area contributed by atoms with Crippen LogP contribution >= 0.6 is 11.8 Å². The maximum Gasteiger partial charge on any atom is 0.346 e. The molecule has 0 fully saturated rings. The van der Waals surface area contributed by atoms with Gasteiger partial charge in [0.25, 0.3) is 0 Å². The molecular formula is C9H10N2O5S. The molecule has 17 heavy (non-hydrogen) atoms. The van der Waals surface area contributed by atoms with Crippen LogP contribution in [-0.2, 0) is 9.53 Å². The number of aromatic carboxylic acids is 1. The zero-order chi connectivity index (χ0) is 13.0. The first-order valence-electron chi connectivity index (χ1n) is 4.49. The molecule has 0 unspecified atom stereocenters. The van der Waals surface area contributed by atoms with E-state index in [1.54, 1.807) is 0 Å². The Kier molecular flexibility index (Phi) is 4.27. The van der Waals surface area contributed by atoms with E-state index in [9.17, 15) is 14.4 Å². The number of esters is 1. The molecule has 2 N–H and O–H groups in total. The van der Waals surface area contributed by atoms with Crippen molar-refractivity contribution >= 4 is 23.7 Å². The number of aryl methyl sites for hydroxylation is 1. The number of hydrogen-bond donors (Lipinski definition) is 2. The number of nitrogens with zero attached hydrogens (tertiary/aromatic N) is 1. The van der Waals surface area contributed by atoms with Crippen LogP contribution in [-0.4, -0.2) is 39.9 Å². The molecule has 0 saturated carbocycles. The number of H-pyrrole nitrogens is 1. The van der Waals surface area contributed by atoms with E-state index in [2.05, 4.69) is 14.7 Å². The van der Waals surface area contributed by atoms with E-state index in [1.807, 2.05) is 0 Å². The predicted octanol–water partition coefficient (Wildman–Crippen LogP) is 0.0416. The first kappa shape index (κ1) is 13.2. The van der Waals surface area contributed by atoms with E-state index in [0.29, 0.717) is 0 Å². The molecule has 92 valence electrons. The van der Waals surface area contributed by atoms with Crippen molar-refractivity contribution in [3.8, 4) is 0 Å². The Morgan fingerprint density at radius 2 is 2.18 bits per heavy atom. The van der Waals surface area contributed by atoms with Gasteiger partial charge in [-0.05, 0) is 6.92 Å². The summed E-state index contributed by atoms with van der Waals surface area (Å²) < 4.78 is 4.41. The van der Waals surface area contributed by atoms with Gasteiger partial charge in [-0.3, -0.25) is 4.79 Å². The van der Waals surface area contributed by atoms with Crippen molar-refractivity contribution in [1.29, 1.82) is 0 Å². The van der Waals surface area contributed by atoms with Crippen LogP contribution < -0.4 is 5.69 Å². The maximum atomic E-state index is 11.1. The number of rotatable bonds is 4. The van der Waals surface area contributed by atoms with Gasteiger partial charge in [-0.15, -0.1) is 0 Å². The van der Waals surface area contributed by atoms with Gasteiger partial charge in [-0.25, -0.2) is 9.59 Å². The highest BCUT2D eigenvalue weighted by molar-refractivity contribution is 8.00. The lowest BCUT2D eigenvalue weighted by atomic mass is 10.2. The average Bonchev–Trinajstić information content (AvgIpc) is 2.24. The molecular weight excluding hydrogens is 248 g/mol. The fourth-order valence-corrected chi connectivity index (χ4v) is 2.01. The van der Waals surface area contributed by atoms with Crippen LogP contribution in [0.1, 0.15) is 16.1 Å². The molecule has 1 rings (SSSR count). The van der Waals surface area contributed by atoms with Crippen molar-refractivity contribution in [3.05, 3.63) is 21.7 Å².